The molecule has 1 heterocycles. The summed E-state index contributed by atoms with van der Waals surface area (Å²) in [6.07, 6.45) is 2.94. The van der Waals surface area contributed by atoms with E-state index < -0.39 is 11.7 Å². The second-order valence-electron chi connectivity index (χ2n) is 6.66. The fourth-order valence-electron chi connectivity index (χ4n) is 3.13. The number of phenols is 1. The number of carboxylic acids is 1. The molecule has 8 heteroatoms. The summed E-state index contributed by atoms with van der Waals surface area (Å²) in [4.78, 5) is 21.1. The highest BCUT2D eigenvalue weighted by Gasteiger charge is 2.21. The zero-order chi connectivity index (χ0) is 22.5. The lowest BCUT2D eigenvalue weighted by molar-refractivity contribution is 0.0693. The van der Waals surface area contributed by atoms with Crippen LogP contribution in [0.2, 0.25) is 0 Å². The second kappa shape index (κ2) is 9.23. The van der Waals surface area contributed by atoms with E-state index in [4.69, 9.17) is 19.1 Å². The Morgan fingerprint density at radius 2 is 1.88 bits per heavy atom. The Bertz CT molecular complexity index is 1210. The van der Waals surface area contributed by atoms with Gasteiger partial charge in [0.25, 0.3) is 0 Å². The zero-order valence-electron chi connectivity index (χ0n) is 17.1. The first-order valence-corrected chi connectivity index (χ1v) is 9.83. The van der Waals surface area contributed by atoms with Crippen LogP contribution in [0.4, 0.5) is 11.7 Å². The van der Waals surface area contributed by atoms with E-state index in [9.17, 15) is 9.90 Å². The van der Waals surface area contributed by atoms with Crippen molar-refractivity contribution < 1.29 is 29.0 Å². The fraction of sp³-hybridized carbons (Fsp3) is 0.0833. The maximum absolute atomic E-state index is 11.2. The van der Waals surface area contributed by atoms with Gasteiger partial charge in [-0.3, -0.25) is 4.84 Å². The summed E-state index contributed by atoms with van der Waals surface area (Å²) in [6.45, 7) is 2.17. The van der Waals surface area contributed by atoms with E-state index in [0.29, 0.717) is 18.0 Å². The number of oxazole rings is 1. The number of nitrogens with zero attached hydrogens (tertiary/aromatic N) is 2. The van der Waals surface area contributed by atoms with Gasteiger partial charge in [0, 0.05) is 6.07 Å². The van der Waals surface area contributed by atoms with Crippen LogP contribution in [-0.4, -0.2) is 27.8 Å². The van der Waals surface area contributed by atoms with Crippen LogP contribution >= 0.6 is 0 Å². The molecule has 0 atom stereocenters. The van der Waals surface area contributed by atoms with Crippen LogP contribution in [0.3, 0.4) is 0 Å². The van der Waals surface area contributed by atoms with Crippen molar-refractivity contribution >= 4 is 17.7 Å². The Morgan fingerprint density at radius 1 is 1.06 bits per heavy atom. The maximum Gasteiger partial charge on any atom is 0.339 e. The predicted octanol–water partition coefficient (Wildman–Crippen LogP) is 5.63. The van der Waals surface area contributed by atoms with Crippen molar-refractivity contribution in [1.82, 2.24) is 4.98 Å². The molecule has 0 amide bonds. The molecule has 0 aliphatic carbocycles. The quantitative estimate of drug-likeness (QED) is 0.345. The van der Waals surface area contributed by atoms with Gasteiger partial charge in [-0.2, -0.15) is 10.0 Å². The summed E-state index contributed by atoms with van der Waals surface area (Å²) in [5.74, 6) is -0.982. The zero-order valence-corrected chi connectivity index (χ0v) is 17.1. The summed E-state index contributed by atoms with van der Waals surface area (Å²) >= 11 is 0. The normalized spacial score (nSPS) is 10.7. The molecule has 4 aromatic rings. The van der Waals surface area contributed by atoms with E-state index in [2.05, 4.69) is 4.98 Å². The van der Waals surface area contributed by atoms with Crippen molar-refractivity contribution in [3.8, 4) is 28.4 Å². The van der Waals surface area contributed by atoms with Crippen molar-refractivity contribution in [3.63, 3.8) is 0 Å². The lowest BCUT2D eigenvalue weighted by atomic mass is 10.0. The van der Waals surface area contributed by atoms with E-state index in [1.165, 1.54) is 35.7 Å². The Labute approximate surface area is 183 Å². The Balaban J connectivity index is 1.79. The van der Waals surface area contributed by atoms with Gasteiger partial charge in [0.2, 0.25) is 0 Å². The molecule has 0 saturated carbocycles. The van der Waals surface area contributed by atoms with Gasteiger partial charge in [0.1, 0.15) is 29.0 Å². The van der Waals surface area contributed by atoms with Crippen LogP contribution in [-0.2, 0) is 4.84 Å². The van der Waals surface area contributed by atoms with Crippen LogP contribution in [0, 0.1) is 0 Å². The molecule has 162 valence electrons. The Kier molecular flexibility index (Phi) is 6.05. The molecule has 4 rings (SSSR count). The lowest BCUT2D eigenvalue weighted by Crippen LogP contribution is -2.18. The van der Waals surface area contributed by atoms with Crippen LogP contribution in [0.25, 0.3) is 11.1 Å². The third-order valence-corrected chi connectivity index (χ3v) is 4.56. The highest BCUT2D eigenvalue weighted by Crippen LogP contribution is 2.40. The minimum absolute atomic E-state index is 0.214. The number of anilines is 2. The summed E-state index contributed by atoms with van der Waals surface area (Å²) in [6, 6.07) is 19.5. The van der Waals surface area contributed by atoms with Gasteiger partial charge in [-0.25, -0.2) is 4.79 Å². The number of aromatic nitrogens is 1. The summed E-state index contributed by atoms with van der Waals surface area (Å²) in [5, 5.41) is 20.6. The number of ether oxygens (including phenoxy) is 1. The number of hydrogen-bond acceptors (Lipinski definition) is 7. The van der Waals surface area contributed by atoms with E-state index in [0.717, 1.165) is 11.1 Å². The highest BCUT2D eigenvalue weighted by molar-refractivity contribution is 5.91. The Hall–Kier alpha value is -4.30. The first-order chi connectivity index (χ1) is 15.6. The van der Waals surface area contributed by atoms with Crippen molar-refractivity contribution in [2.75, 3.05) is 11.7 Å². The molecule has 8 nitrogen and oxygen atoms in total. The number of aromatic carboxylic acids is 1. The average Bonchev–Trinajstić information content (AvgIpc) is 3.33. The summed E-state index contributed by atoms with van der Waals surface area (Å²) < 4.78 is 11.4. The van der Waals surface area contributed by atoms with Crippen molar-refractivity contribution in [1.29, 1.82) is 0 Å². The van der Waals surface area contributed by atoms with E-state index in [1.54, 1.807) is 6.07 Å². The second-order valence-corrected chi connectivity index (χ2v) is 6.66. The van der Waals surface area contributed by atoms with Crippen molar-refractivity contribution in [3.05, 3.63) is 84.8 Å². The fourth-order valence-corrected chi connectivity index (χ4v) is 3.13. The van der Waals surface area contributed by atoms with Crippen LogP contribution in [0.5, 0.6) is 17.2 Å². The standard InChI is InChI=1S/C24H20N2O6/c1-2-31-26(24-25-12-13-30-24)20-14-17(16-6-4-3-5-7-16)8-11-22(20)32-18-9-10-19(23(28)29)21(27)15-18/h3-15,27H,2H2,1H3,(H,28,29). The molecule has 0 saturated heterocycles. The van der Waals surface area contributed by atoms with Gasteiger partial charge >= 0.3 is 12.0 Å². The molecule has 0 radical (unpaired) electrons. The maximum atomic E-state index is 11.2. The molecule has 3 aromatic carbocycles. The molecule has 0 unspecified atom stereocenters. The van der Waals surface area contributed by atoms with Gasteiger partial charge < -0.3 is 19.4 Å². The molecule has 0 bridgehead atoms. The minimum atomic E-state index is -1.23. The highest BCUT2D eigenvalue weighted by atomic mass is 16.7. The average molecular weight is 432 g/mol. The lowest BCUT2D eigenvalue weighted by Gasteiger charge is -2.22. The molecule has 32 heavy (non-hydrogen) atoms. The molecular formula is C24H20N2O6. The molecular weight excluding hydrogens is 412 g/mol. The third kappa shape index (κ3) is 4.40. The first-order valence-electron chi connectivity index (χ1n) is 9.83. The first kappa shape index (κ1) is 21.0. The SMILES string of the molecule is CCON(c1ncco1)c1cc(-c2ccccc2)ccc1Oc1ccc(C(=O)O)c(O)c1. The number of carboxylic acid groups (broad SMARTS) is 1. The predicted molar refractivity (Wildman–Crippen MR) is 117 cm³/mol. The number of benzene rings is 3. The summed E-state index contributed by atoms with van der Waals surface area (Å²) in [7, 11) is 0. The van der Waals surface area contributed by atoms with Gasteiger partial charge in [0.05, 0.1) is 12.8 Å². The van der Waals surface area contributed by atoms with E-state index in [1.807, 2.05) is 49.4 Å². The number of rotatable bonds is 8. The van der Waals surface area contributed by atoms with E-state index in [-0.39, 0.29) is 17.3 Å². The molecule has 0 fully saturated rings. The topological polar surface area (TPSA) is 105 Å². The van der Waals surface area contributed by atoms with Crippen LogP contribution in [0.15, 0.2) is 83.6 Å². The van der Waals surface area contributed by atoms with E-state index >= 15 is 0 Å². The van der Waals surface area contributed by atoms with Crippen LogP contribution < -0.4 is 9.80 Å². The number of hydrogen-bond donors (Lipinski definition) is 2. The number of aromatic hydroxyl groups is 1. The minimum Gasteiger partial charge on any atom is -0.507 e. The van der Waals surface area contributed by atoms with Crippen molar-refractivity contribution in [2.45, 2.75) is 6.92 Å². The monoisotopic (exact) mass is 432 g/mol. The summed E-state index contributed by atoms with van der Waals surface area (Å²) in [5.41, 5.74) is 2.20. The molecule has 0 spiro atoms. The van der Waals surface area contributed by atoms with Gasteiger partial charge in [-0.05, 0) is 42.3 Å². The Morgan fingerprint density at radius 3 is 2.53 bits per heavy atom. The molecule has 0 aliphatic rings. The van der Waals surface area contributed by atoms with Gasteiger partial charge in [-0.1, -0.05) is 36.4 Å². The van der Waals surface area contributed by atoms with Gasteiger partial charge in [-0.15, -0.1) is 0 Å². The largest absolute Gasteiger partial charge is 0.507 e. The van der Waals surface area contributed by atoms with Gasteiger partial charge in [0.15, 0.2) is 5.75 Å². The number of carbonyl (C=O) groups is 1. The van der Waals surface area contributed by atoms with Crippen LogP contribution in [0.1, 0.15) is 17.3 Å². The molecule has 2 N–H and O–H groups in total. The molecule has 1 aromatic heterocycles. The third-order valence-electron chi connectivity index (χ3n) is 4.56. The van der Waals surface area contributed by atoms with Crippen molar-refractivity contribution in [2.24, 2.45) is 0 Å². The smallest absolute Gasteiger partial charge is 0.339 e. The molecule has 0 aliphatic heterocycles.